The Balaban J connectivity index is 1.77. The van der Waals surface area contributed by atoms with E-state index in [-0.39, 0.29) is 13.0 Å². The summed E-state index contributed by atoms with van der Waals surface area (Å²) in [5.74, 6) is 1.13. The number of para-hydroxylation sites is 2. The van der Waals surface area contributed by atoms with Gasteiger partial charge in [-0.25, -0.2) is 0 Å². The second kappa shape index (κ2) is 11.4. The molecule has 29 heavy (non-hydrogen) atoms. The Hall–Kier alpha value is -3.42. The summed E-state index contributed by atoms with van der Waals surface area (Å²) in [7, 11) is 3.01. The van der Waals surface area contributed by atoms with Crippen LogP contribution < -0.4 is 24.3 Å². The monoisotopic (exact) mass is 403 g/mol. The van der Waals surface area contributed by atoms with Crippen molar-refractivity contribution in [2.24, 2.45) is 0 Å². The van der Waals surface area contributed by atoms with Crippen LogP contribution in [0.25, 0.3) is 0 Å². The quantitative estimate of drug-likeness (QED) is 0.577. The Kier molecular flexibility index (Phi) is 8.62. The number of hydrogen-bond donors (Lipinski definition) is 1. The van der Waals surface area contributed by atoms with E-state index >= 15 is 0 Å². The number of nitrogens with one attached hydrogen (secondary N) is 1. The van der Waals surface area contributed by atoms with Crippen LogP contribution in [0.2, 0.25) is 0 Å². The summed E-state index contributed by atoms with van der Waals surface area (Å²) in [5, 5.41) is 2.63. The van der Waals surface area contributed by atoms with E-state index in [0.717, 1.165) is 0 Å². The fourth-order valence-electron chi connectivity index (χ4n) is 2.40. The summed E-state index contributed by atoms with van der Waals surface area (Å²) in [6, 6.07) is 12.2. The van der Waals surface area contributed by atoms with E-state index < -0.39 is 18.5 Å². The van der Waals surface area contributed by atoms with Crippen LogP contribution in [0.5, 0.6) is 23.0 Å². The first-order valence-electron chi connectivity index (χ1n) is 9.09. The highest BCUT2D eigenvalue weighted by molar-refractivity contribution is 5.94. The first-order valence-corrected chi connectivity index (χ1v) is 9.09. The molecule has 2 rings (SSSR count). The van der Waals surface area contributed by atoms with Crippen LogP contribution in [-0.2, 0) is 14.3 Å². The highest BCUT2D eigenvalue weighted by atomic mass is 16.5. The highest BCUT2D eigenvalue weighted by Gasteiger charge is 2.12. The summed E-state index contributed by atoms with van der Waals surface area (Å²) in [5.41, 5.74) is 0.420. The van der Waals surface area contributed by atoms with Crippen LogP contribution in [0, 0.1) is 0 Å². The van der Waals surface area contributed by atoms with Gasteiger partial charge in [0.2, 0.25) is 0 Å². The molecule has 0 spiro atoms. The standard InChI is InChI=1S/C21H25NO7/c1-4-27-18-7-5-6-8-19(18)28-12-11-21(24)29-14-20(23)22-16-13-15(25-2)9-10-17(16)26-3/h5-10,13H,4,11-12,14H2,1-3H3,(H,22,23). The number of methoxy groups -OCH3 is 2. The molecule has 1 N–H and O–H groups in total. The number of benzene rings is 2. The van der Waals surface area contributed by atoms with E-state index in [1.54, 1.807) is 30.3 Å². The molecule has 2 aromatic rings. The van der Waals surface area contributed by atoms with E-state index in [0.29, 0.717) is 35.3 Å². The Bertz CT molecular complexity index is 822. The molecule has 8 nitrogen and oxygen atoms in total. The minimum absolute atomic E-state index is 0.00375. The fraction of sp³-hybridized carbons (Fsp3) is 0.333. The number of hydrogen-bond acceptors (Lipinski definition) is 7. The molecule has 156 valence electrons. The largest absolute Gasteiger partial charge is 0.497 e. The number of rotatable bonds is 11. The molecular formula is C21H25NO7. The molecule has 1 amide bonds. The van der Waals surface area contributed by atoms with Gasteiger partial charge in [-0.2, -0.15) is 0 Å². The molecule has 0 aliphatic carbocycles. The summed E-state index contributed by atoms with van der Waals surface area (Å²) in [4.78, 5) is 23.9. The number of amides is 1. The summed E-state index contributed by atoms with van der Waals surface area (Å²) in [6.07, 6.45) is -0.00375. The zero-order chi connectivity index (χ0) is 21.1. The van der Waals surface area contributed by atoms with Gasteiger partial charge in [-0.15, -0.1) is 0 Å². The lowest BCUT2D eigenvalue weighted by atomic mass is 10.2. The van der Waals surface area contributed by atoms with Gasteiger partial charge < -0.3 is 29.0 Å². The van der Waals surface area contributed by atoms with E-state index in [4.69, 9.17) is 23.7 Å². The van der Waals surface area contributed by atoms with Crippen molar-refractivity contribution in [2.75, 3.05) is 39.4 Å². The molecule has 2 aromatic carbocycles. The molecule has 0 saturated heterocycles. The molecule has 0 unspecified atom stereocenters. The molecular weight excluding hydrogens is 378 g/mol. The van der Waals surface area contributed by atoms with Crippen LogP contribution in [0.1, 0.15) is 13.3 Å². The van der Waals surface area contributed by atoms with Crippen molar-refractivity contribution < 1.29 is 33.3 Å². The average Bonchev–Trinajstić information content (AvgIpc) is 2.73. The number of carbonyl (C=O) groups excluding carboxylic acids is 2. The second-order valence-corrected chi connectivity index (χ2v) is 5.75. The van der Waals surface area contributed by atoms with E-state index in [2.05, 4.69) is 5.32 Å². The minimum atomic E-state index is -0.549. The molecule has 0 radical (unpaired) electrons. The molecule has 8 heteroatoms. The summed E-state index contributed by atoms with van der Waals surface area (Å²) < 4.78 is 26.3. The lowest BCUT2D eigenvalue weighted by Crippen LogP contribution is -2.22. The SMILES string of the molecule is CCOc1ccccc1OCCC(=O)OCC(=O)Nc1cc(OC)ccc1OC. The van der Waals surface area contributed by atoms with Crippen molar-refractivity contribution in [3.8, 4) is 23.0 Å². The van der Waals surface area contributed by atoms with Gasteiger partial charge in [0.05, 0.1) is 39.5 Å². The molecule has 0 heterocycles. The van der Waals surface area contributed by atoms with Crippen LogP contribution in [-0.4, -0.2) is 45.9 Å². The lowest BCUT2D eigenvalue weighted by molar-refractivity contribution is -0.147. The van der Waals surface area contributed by atoms with E-state index in [1.807, 2.05) is 19.1 Å². The normalized spacial score (nSPS) is 10.0. The van der Waals surface area contributed by atoms with Crippen LogP contribution in [0.15, 0.2) is 42.5 Å². The predicted octanol–water partition coefficient (Wildman–Crippen LogP) is 3.05. The molecule has 0 bridgehead atoms. The van der Waals surface area contributed by atoms with Crippen LogP contribution in [0.4, 0.5) is 5.69 Å². The molecule has 0 atom stereocenters. The molecule has 0 saturated carbocycles. The van der Waals surface area contributed by atoms with Gasteiger partial charge >= 0.3 is 5.97 Å². The average molecular weight is 403 g/mol. The highest BCUT2D eigenvalue weighted by Crippen LogP contribution is 2.29. The maximum absolute atomic E-state index is 12.1. The number of anilines is 1. The van der Waals surface area contributed by atoms with Gasteiger partial charge in [0, 0.05) is 6.07 Å². The van der Waals surface area contributed by atoms with Gasteiger partial charge in [-0.1, -0.05) is 12.1 Å². The number of ether oxygens (including phenoxy) is 5. The molecule has 0 aliphatic rings. The smallest absolute Gasteiger partial charge is 0.309 e. The summed E-state index contributed by atoms with van der Waals surface area (Å²) in [6.45, 7) is 2.07. The third-order valence-electron chi connectivity index (χ3n) is 3.76. The van der Waals surface area contributed by atoms with Crippen molar-refractivity contribution in [2.45, 2.75) is 13.3 Å². The van der Waals surface area contributed by atoms with Crippen LogP contribution >= 0.6 is 0 Å². The third kappa shape index (κ3) is 6.91. The van der Waals surface area contributed by atoms with Gasteiger partial charge in [-0.3, -0.25) is 9.59 Å². The van der Waals surface area contributed by atoms with Crippen molar-refractivity contribution >= 4 is 17.6 Å². The Morgan fingerprint density at radius 3 is 2.31 bits per heavy atom. The maximum atomic E-state index is 12.1. The Morgan fingerprint density at radius 1 is 0.931 bits per heavy atom. The van der Waals surface area contributed by atoms with Crippen molar-refractivity contribution in [3.05, 3.63) is 42.5 Å². The first-order chi connectivity index (χ1) is 14.1. The van der Waals surface area contributed by atoms with E-state index in [1.165, 1.54) is 14.2 Å². The Labute approximate surface area is 169 Å². The predicted molar refractivity (Wildman–Crippen MR) is 107 cm³/mol. The Morgan fingerprint density at radius 2 is 1.66 bits per heavy atom. The van der Waals surface area contributed by atoms with E-state index in [9.17, 15) is 9.59 Å². The maximum Gasteiger partial charge on any atom is 0.309 e. The van der Waals surface area contributed by atoms with Crippen LogP contribution in [0.3, 0.4) is 0 Å². The topological polar surface area (TPSA) is 92.3 Å². The van der Waals surface area contributed by atoms with Gasteiger partial charge in [-0.05, 0) is 31.2 Å². The molecule has 0 aliphatic heterocycles. The number of carbonyl (C=O) groups is 2. The third-order valence-corrected chi connectivity index (χ3v) is 3.76. The fourth-order valence-corrected chi connectivity index (χ4v) is 2.40. The first kappa shape index (κ1) is 21.9. The minimum Gasteiger partial charge on any atom is -0.497 e. The second-order valence-electron chi connectivity index (χ2n) is 5.75. The van der Waals surface area contributed by atoms with Crippen molar-refractivity contribution in [1.82, 2.24) is 0 Å². The van der Waals surface area contributed by atoms with Gasteiger partial charge in [0.15, 0.2) is 18.1 Å². The van der Waals surface area contributed by atoms with Crippen molar-refractivity contribution in [1.29, 1.82) is 0 Å². The zero-order valence-electron chi connectivity index (χ0n) is 16.7. The van der Waals surface area contributed by atoms with Crippen molar-refractivity contribution in [3.63, 3.8) is 0 Å². The van der Waals surface area contributed by atoms with Gasteiger partial charge in [0.1, 0.15) is 11.5 Å². The zero-order valence-corrected chi connectivity index (χ0v) is 16.7. The number of esters is 1. The van der Waals surface area contributed by atoms with Gasteiger partial charge in [0.25, 0.3) is 5.91 Å². The lowest BCUT2D eigenvalue weighted by Gasteiger charge is -2.12. The molecule has 0 aromatic heterocycles. The summed E-state index contributed by atoms with van der Waals surface area (Å²) >= 11 is 0. The molecule has 0 fully saturated rings.